The SMILES string of the molecule is CC(C)C(C)C(O)Cc1cccc(Cl)c1Cl. The number of hydrogen-bond acceptors (Lipinski definition) is 1. The van der Waals surface area contributed by atoms with Crippen molar-refractivity contribution in [1.29, 1.82) is 0 Å². The van der Waals surface area contributed by atoms with Crippen LogP contribution in [0, 0.1) is 11.8 Å². The van der Waals surface area contributed by atoms with Gasteiger partial charge in [-0.05, 0) is 23.5 Å². The quantitative estimate of drug-likeness (QED) is 0.861. The summed E-state index contributed by atoms with van der Waals surface area (Å²) in [5, 5.41) is 11.2. The molecule has 0 aromatic heterocycles. The van der Waals surface area contributed by atoms with Crippen molar-refractivity contribution in [1.82, 2.24) is 0 Å². The molecule has 0 spiro atoms. The van der Waals surface area contributed by atoms with Crippen LogP contribution in [0.3, 0.4) is 0 Å². The number of hydrogen-bond donors (Lipinski definition) is 1. The molecule has 16 heavy (non-hydrogen) atoms. The Morgan fingerprint density at radius 2 is 1.81 bits per heavy atom. The summed E-state index contributed by atoms with van der Waals surface area (Å²) in [6.45, 7) is 6.26. The Bertz CT molecular complexity index is 350. The highest BCUT2D eigenvalue weighted by Gasteiger charge is 2.19. The molecule has 1 aromatic carbocycles. The average Bonchev–Trinajstić information content (AvgIpc) is 2.23. The first-order valence-electron chi connectivity index (χ1n) is 5.54. The number of benzene rings is 1. The summed E-state index contributed by atoms with van der Waals surface area (Å²) >= 11 is 12.0. The molecular formula is C13H18Cl2O. The van der Waals surface area contributed by atoms with Gasteiger partial charge in [-0.3, -0.25) is 0 Å². The van der Waals surface area contributed by atoms with Crippen molar-refractivity contribution in [3.63, 3.8) is 0 Å². The predicted octanol–water partition coefficient (Wildman–Crippen LogP) is 4.19. The molecule has 3 heteroatoms. The highest BCUT2D eigenvalue weighted by Crippen LogP contribution is 2.28. The summed E-state index contributed by atoms with van der Waals surface area (Å²) in [5.41, 5.74) is 0.911. The molecule has 0 fully saturated rings. The van der Waals surface area contributed by atoms with E-state index in [4.69, 9.17) is 23.2 Å². The van der Waals surface area contributed by atoms with Crippen molar-refractivity contribution in [3.8, 4) is 0 Å². The van der Waals surface area contributed by atoms with Crippen LogP contribution >= 0.6 is 23.2 Å². The van der Waals surface area contributed by atoms with E-state index < -0.39 is 0 Å². The fraction of sp³-hybridized carbons (Fsp3) is 0.538. The predicted molar refractivity (Wildman–Crippen MR) is 70.2 cm³/mol. The van der Waals surface area contributed by atoms with Crippen LogP contribution in [0.25, 0.3) is 0 Å². The lowest BCUT2D eigenvalue weighted by atomic mass is 9.89. The Hall–Kier alpha value is -0.240. The molecule has 0 saturated heterocycles. The Labute approximate surface area is 107 Å². The molecule has 1 N–H and O–H groups in total. The smallest absolute Gasteiger partial charge is 0.0625 e. The van der Waals surface area contributed by atoms with Crippen molar-refractivity contribution in [2.75, 3.05) is 0 Å². The van der Waals surface area contributed by atoms with Gasteiger partial charge in [0.15, 0.2) is 0 Å². The van der Waals surface area contributed by atoms with Crippen LogP contribution < -0.4 is 0 Å². The number of halogens is 2. The zero-order chi connectivity index (χ0) is 12.3. The van der Waals surface area contributed by atoms with E-state index >= 15 is 0 Å². The fourth-order valence-electron chi connectivity index (χ4n) is 1.56. The van der Waals surface area contributed by atoms with Gasteiger partial charge in [0.2, 0.25) is 0 Å². The lowest BCUT2D eigenvalue weighted by Crippen LogP contribution is -2.24. The minimum absolute atomic E-state index is 0.245. The Morgan fingerprint density at radius 1 is 1.19 bits per heavy atom. The second kappa shape index (κ2) is 5.90. The molecule has 0 radical (unpaired) electrons. The van der Waals surface area contributed by atoms with Crippen molar-refractivity contribution < 1.29 is 5.11 Å². The van der Waals surface area contributed by atoms with Crippen LogP contribution in [0.1, 0.15) is 26.3 Å². The van der Waals surface area contributed by atoms with E-state index in [1.807, 2.05) is 19.1 Å². The largest absolute Gasteiger partial charge is 0.392 e. The van der Waals surface area contributed by atoms with Crippen LogP contribution in [0.15, 0.2) is 18.2 Å². The van der Waals surface area contributed by atoms with Crippen molar-refractivity contribution in [3.05, 3.63) is 33.8 Å². The molecule has 0 saturated carbocycles. The summed E-state index contributed by atoms with van der Waals surface area (Å²) in [4.78, 5) is 0. The molecule has 90 valence electrons. The third-order valence-corrected chi connectivity index (χ3v) is 3.98. The third-order valence-electron chi connectivity index (χ3n) is 3.12. The Morgan fingerprint density at radius 3 is 2.38 bits per heavy atom. The van der Waals surface area contributed by atoms with Crippen LogP contribution in [0.5, 0.6) is 0 Å². The monoisotopic (exact) mass is 260 g/mol. The van der Waals surface area contributed by atoms with Gasteiger partial charge >= 0.3 is 0 Å². The van der Waals surface area contributed by atoms with Gasteiger partial charge in [0.1, 0.15) is 0 Å². The molecule has 2 atom stereocenters. The highest BCUT2D eigenvalue weighted by atomic mass is 35.5. The van der Waals surface area contributed by atoms with Gasteiger partial charge in [-0.25, -0.2) is 0 Å². The van der Waals surface area contributed by atoms with E-state index in [2.05, 4.69) is 13.8 Å². The summed E-state index contributed by atoms with van der Waals surface area (Å²) in [6.07, 6.45) is 0.176. The first-order valence-corrected chi connectivity index (χ1v) is 6.30. The molecule has 0 aliphatic rings. The second-order valence-corrected chi connectivity index (χ2v) is 5.37. The molecule has 1 aromatic rings. The van der Waals surface area contributed by atoms with Gasteiger partial charge in [-0.15, -0.1) is 0 Å². The zero-order valence-corrected chi connectivity index (χ0v) is 11.4. The lowest BCUT2D eigenvalue weighted by Gasteiger charge is -2.22. The second-order valence-electron chi connectivity index (χ2n) is 4.59. The number of aliphatic hydroxyl groups is 1. The average molecular weight is 261 g/mol. The van der Waals surface area contributed by atoms with Crippen LogP contribution in [0.4, 0.5) is 0 Å². The highest BCUT2D eigenvalue weighted by molar-refractivity contribution is 6.42. The minimum atomic E-state index is -0.379. The minimum Gasteiger partial charge on any atom is -0.392 e. The Balaban J connectivity index is 2.77. The first-order chi connectivity index (χ1) is 7.43. The van der Waals surface area contributed by atoms with Crippen LogP contribution in [-0.4, -0.2) is 11.2 Å². The summed E-state index contributed by atoms with van der Waals surface area (Å²) in [7, 11) is 0. The van der Waals surface area contributed by atoms with E-state index in [1.54, 1.807) is 6.07 Å². The zero-order valence-electron chi connectivity index (χ0n) is 9.87. The van der Waals surface area contributed by atoms with Gasteiger partial charge in [-0.1, -0.05) is 56.1 Å². The topological polar surface area (TPSA) is 20.2 Å². The number of aliphatic hydroxyl groups excluding tert-OH is 1. The first kappa shape index (κ1) is 13.8. The van der Waals surface area contributed by atoms with Gasteiger partial charge in [-0.2, -0.15) is 0 Å². The van der Waals surface area contributed by atoms with Gasteiger partial charge < -0.3 is 5.11 Å². The van der Waals surface area contributed by atoms with Crippen LogP contribution in [0.2, 0.25) is 10.0 Å². The van der Waals surface area contributed by atoms with Crippen LogP contribution in [-0.2, 0) is 6.42 Å². The van der Waals surface area contributed by atoms with E-state index in [0.29, 0.717) is 22.4 Å². The third kappa shape index (κ3) is 3.38. The van der Waals surface area contributed by atoms with Crippen molar-refractivity contribution in [2.24, 2.45) is 11.8 Å². The summed E-state index contributed by atoms with van der Waals surface area (Å²) in [6, 6.07) is 5.52. The molecule has 1 nitrogen and oxygen atoms in total. The molecular weight excluding hydrogens is 243 g/mol. The lowest BCUT2D eigenvalue weighted by molar-refractivity contribution is 0.0922. The molecule has 0 heterocycles. The fourth-order valence-corrected chi connectivity index (χ4v) is 1.96. The standard InChI is InChI=1S/C13H18Cl2O/c1-8(2)9(3)12(16)7-10-5-4-6-11(14)13(10)15/h4-6,8-9,12,16H,7H2,1-3H3. The van der Waals surface area contributed by atoms with E-state index in [1.165, 1.54) is 0 Å². The van der Waals surface area contributed by atoms with Gasteiger partial charge in [0, 0.05) is 6.42 Å². The normalized spacial score (nSPS) is 15.2. The molecule has 0 aliphatic heterocycles. The van der Waals surface area contributed by atoms with E-state index in [-0.39, 0.29) is 12.0 Å². The summed E-state index contributed by atoms with van der Waals surface area (Å²) in [5.74, 6) is 0.697. The van der Waals surface area contributed by atoms with E-state index in [0.717, 1.165) is 5.56 Å². The van der Waals surface area contributed by atoms with Crippen molar-refractivity contribution in [2.45, 2.75) is 33.3 Å². The Kier molecular flexibility index (Phi) is 5.10. The number of rotatable bonds is 4. The van der Waals surface area contributed by atoms with Crippen molar-refractivity contribution >= 4 is 23.2 Å². The molecule has 2 unspecified atom stereocenters. The maximum Gasteiger partial charge on any atom is 0.0625 e. The molecule has 1 rings (SSSR count). The summed E-state index contributed by atoms with van der Waals surface area (Å²) < 4.78 is 0. The maximum atomic E-state index is 10.1. The molecule has 0 bridgehead atoms. The maximum absolute atomic E-state index is 10.1. The van der Waals surface area contributed by atoms with E-state index in [9.17, 15) is 5.11 Å². The molecule has 0 amide bonds. The van der Waals surface area contributed by atoms with Gasteiger partial charge in [0.05, 0.1) is 16.1 Å². The molecule has 0 aliphatic carbocycles. The van der Waals surface area contributed by atoms with Gasteiger partial charge in [0.25, 0.3) is 0 Å².